The molecule has 3 rings (SSSR count). The summed E-state index contributed by atoms with van der Waals surface area (Å²) in [5.41, 5.74) is 3.11. The van der Waals surface area contributed by atoms with Crippen molar-refractivity contribution in [1.29, 1.82) is 5.26 Å². The number of methoxy groups -OCH3 is 1. The van der Waals surface area contributed by atoms with Gasteiger partial charge in [-0.3, -0.25) is 4.79 Å². The molecule has 0 aliphatic rings. The fourth-order valence-electron chi connectivity index (χ4n) is 2.88. The maximum atomic E-state index is 13.1. The standard InChI is InChI=1S/C23H20ClN3O2/c1-29-21-12-11-19(15-20(21)24)27-23(28)22(17-5-3-2-4-6-17)26-18-9-7-16(8-10-18)13-14-25/h2-12,15,22,26H,13H2,1H3,(H,27,28). The smallest absolute Gasteiger partial charge is 0.251 e. The van der Waals surface area contributed by atoms with Crippen LogP contribution in [0.15, 0.2) is 72.8 Å². The van der Waals surface area contributed by atoms with Gasteiger partial charge in [0, 0.05) is 11.4 Å². The van der Waals surface area contributed by atoms with Gasteiger partial charge in [0.2, 0.25) is 0 Å². The zero-order chi connectivity index (χ0) is 20.6. The van der Waals surface area contributed by atoms with Gasteiger partial charge in [-0.15, -0.1) is 0 Å². The second-order valence-electron chi connectivity index (χ2n) is 6.36. The third-order valence-electron chi connectivity index (χ3n) is 4.36. The second-order valence-corrected chi connectivity index (χ2v) is 6.77. The van der Waals surface area contributed by atoms with E-state index in [0.29, 0.717) is 22.9 Å². The number of rotatable bonds is 7. The predicted molar refractivity (Wildman–Crippen MR) is 115 cm³/mol. The van der Waals surface area contributed by atoms with E-state index in [1.165, 1.54) is 7.11 Å². The van der Waals surface area contributed by atoms with Crippen LogP contribution in [0, 0.1) is 11.3 Å². The van der Waals surface area contributed by atoms with Crippen molar-refractivity contribution in [3.63, 3.8) is 0 Å². The fraction of sp³-hybridized carbons (Fsp3) is 0.130. The lowest BCUT2D eigenvalue weighted by atomic mass is 10.0. The van der Waals surface area contributed by atoms with E-state index in [0.717, 1.165) is 16.8 Å². The summed E-state index contributed by atoms with van der Waals surface area (Å²) in [6.07, 6.45) is 0.348. The Labute approximate surface area is 174 Å². The normalized spacial score (nSPS) is 11.2. The zero-order valence-electron chi connectivity index (χ0n) is 15.9. The topological polar surface area (TPSA) is 74.2 Å². The highest BCUT2D eigenvalue weighted by Crippen LogP contribution is 2.28. The van der Waals surface area contributed by atoms with Crippen LogP contribution in [0.1, 0.15) is 17.2 Å². The Hall–Kier alpha value is -3.49. The average Bonchev–Trinajstić information content (AvgIpc) is 2.74. The van der Waals surface area contributed by atoms with Crippen molar-refractivity contribution in [3.8, 4) is 11.8 Å². The molecule has 3 aromatic rings. The first-order chi connectivity index (χ1) is 14.1. The average molecular weight is 406 g/mol. The maximum Gasteiger partial charge on any atom is 0.251 e. The minimum absolute atomic E-state index is 0.224. The zero-order valence-corrected chi connectivity index (χ0v) is 16.6. The van der Waals surface area contributed by atoms with Crippen molar-refractivity contribution < 1.29 is 9.53 Å². The molecule has 2 N–H and O–H groups in total. The number of nitrogens with one attached hydrogen (secondary N) is 2. The van der Waals surface area contributed by atoms with Crippen LogP contribution in [0.4, 0.5) is 11.4 Å². The number of benzene rings is 3. The molecule has 1 amide bonds. The number of hydrogen-bond acceptors (Lipinski definition) is 4. The third kappa shape index (κ3) is 5.28. The molecule has 0 spiro atoms. The molecule has 1 unspecified atom stereocenters. The van der Waals surface area contributed by atoms with E-state index in [1.807, 2.05) is 54.6 Å². The molecule has 0 bridgehead atoms. The quantitative estimate of drug-likeness (QED) is 0.566. The van der Waals surface area contributed by atoms with Crippen LogP contribution >= 0.6 is 11.6 Å². The van der Waals surface area contributed by atoms with Gasteiger partial charge in [0.25, 0.3) is 5.91 Å². The molecule has 29 heavy (non-hydrogen) atoms. The molecular weight excluding hydrogens is 386 g/mol. The predicted octanol–water partition coefficient (Wildman–Crippen LogP) is 5.21. The molecule has 0 radical (unpaired) electrons. The van der Waals surface area contributed by atoms with Gasteiger partial charge in [0.1, 0.15) is 11.8 Å². The fourth-order valence-corrected chi connectivity index (χ4v) is 3.14. The Balaban J connectivity index is 1.82. The maximum absolute atomic E-state index is 13.1. The number of ether oxygens (including phenoxy) is 1. The highest BCUT2D eigenvalue weighted by atomic mass is 35.5. The number of halogens is 1. The van der Waals surface area contributed by atoms with Gasteiger partial charge in [-0.25, -0.2) is 0 Å². The number of carbonyl (C=O) groups is 1. The lowest BCUT2D eigenvalue weighted by Crippen LogP contribution is -2.27. The number of hydrogen-bond donors (Lipinski definition) is 2. The monoisotopic (exact) mass is 405 g/mol. The summed E-state index contributed by atoms with van der Waals surface area (Å²) in [4.78, 5) is 13.1. The molecule has 0 saturated heterocycles. The van der Waals surface area contributed by atoms with Gasteiger partial charge < -0.3 is 15.4 Å². The Morgan fingerprint density at radius 1 is 1.07 bits per heavy atom. The van der Waals surface area contributed by atoms with Crippen molar-refractivity contribution in [3.05, 3.63) is 88.9 Å². The molecule has 0 heterocycles. The Morgan fingerprint density at radius 3 is 2.38 bits per heavy atom. The van der Waals surface area contributed by atoms with E-state index in [2.05, 4.69) is 16.7 Å². The van der Waals surface area contributed by atoms with E-state index >= 15 is 0 Å². The minimum Gasteiger partial charge on any atom is -0.495 e. The van der Waals surface area contributed by atoms with Gasteiger partial charge >= 0.3 is 0 Å². The van der Waals surface area contributed by atoms with Gasteiger partial charge in [-0.2, -0.15) is 5.26 Å². The molecule has 0 fully saturated rings. The van der Waals surface area contributed by atoms with E-state index in [1.54, 1.807) is 18.2 Å². The Kier molecular flexibility index (Phi) is 6.72. The molecule has 0 aromatic heterocycles. The van der Waals surface area contributed by atoms with E-state index in [-0.39, 0.29) is 5.91 Å². The molecule has 3 aromatic carbocycles. The second kappa shape index (κ2) is 9.63. The summed E-state index contributed by atoms with van der Waals surface area (Å²) in [7, 11) is 1.54. The number of anilines is 2. The van der Waals surface area contributed by atoms with Crippen molar-refractivity contribution >= 4 is 28.9 Å². The number of nitrogens with zero attached hydrogens (tertiary/aromatic N) is 1. The molecule has 1 atom stereocenters. The van der Waals surface area contributed by atoms with Gasteiger partial charge in [-0.1, -0.05) is 54.1 Å². The summed E-state index contributed by atoms with van der Waals surface area (Å²) in [5, 5.41) is 15.4. The first-order valence-corrected chi connectivity index (χ1v) is 9.40. The van der Waals surface area contributed by atoms with Gasteiger partial charge in [-0.05, 0) is 41.5 Å². The number of amides is 1. The highest BCUT2D eigenvalue weighted by molar-refractivity contribution is 6.32. The third-order valence-corrected chi connectivity index (χ3v) is 4.66. The Bertz CT molecular complexity index is 1010. The van der Waals surface area contributed by atoms with Crippen LogP contribution in [0.25, 0.3) is 0 Å². The van der Waals surface area contributed by atoms with Gasteiger partial charge in [0.15, 0.2) is 0 Å². The van der Waals surface area contributed by atoms with Crippen LogP contribution in [0.2, 0.25) is 5.02 Å². The summed E-state index contributed by atoms with van der Waals surface area (Å²) < 4.78 is 5.15. The van der Waals surface area contributed by atoms with Crippen LogP contribution in [-0.2, 0) is 11.2 Å². The van der Waals surface area contributed by atoms with Crippen LogP contribution < -0.4 is 15.4 Å². The first kappa shape index (κ1) is 20.2. The molecule has 0 aliphatic heterocycles. The van der Waals surface area contributed by atoms with Crippen molar-refractivity contribution in [2.24, 2.45) is 0 Å². The molecule has 0 saturated carbocycles. The van der Waals surface area contributed by atoms with Crippen molar-refractivity contribution in [2.45, 2.75) is 12.5 Å². The van der Waals surface area contributed by atoms with Gasteiger partial charge in [0.05, 0.1) is 24.6 Å². The lowest BCUT2D eigenvalue weighted by molar-refractivity contribution is -0.117. The van der Waals surface area contributed by atoms with E-state index < -0.39 is 6.04 Å². The van der Waals surface area contributed by atoms with Crippen LogP contribution in [0.3, 0.4) is 0 Å². The number of carbonyl (C=O) groups excluding carboxylic acids is 1. The summed E-state index contributed by atoms with van der Waals surface area (Å²) in [6, 6.07) is 23.5. The van der Waals surface area contributed by atoms with Crippen molar-refractivity contribution in [1.82, 2.24) is 0 Å². The van der Waals surface area contributed by atoms with Crippen LogP contribution in [-0.4, -0.2) is 13.0 Å². The lowest BCUT2D eigenvalue weighted by Gasteiger charge is -2.20. The van der Waals surface area contributed by atoms with E-state index in [4.69, 9.17) is 21.6 Å². The minimum atomic E-state index is -0.612. The molecular formula is C23H20ClN3O2. The Morgan fingerprint density at radius 2 is 1.76 bits per heavy atom. The first-order valence-electron chi connectivity index (χ1n) is 9.02. The summed E-state index contributed by atoms with van der Waals surface area (Å²) in [5.74, 6) is 0.318. The largest absolute Gasteiger partial charge is 0.495 e. The molecule has 6 heteroatoms. The van der Waals surface area contributed by atoms with E-state index in [9.17, 15) is 4.79 Å². The molecule has 5 nitrogen and oxygen atoms in total. The summed E-state index contributed by atoms with van der Waals surface area (Å²) >= 11 is 6.16. The van der Waals surface area contributed by atoms with Crippen LogP contribution in [0.5, 0.6) is 5.75 Å². The molecule has 146 valence electrons. The highest BCUT2D eigenvalue weighted by Gasteiger charge is 2.21. The summed E-state index contributed by atoms with van der Waals surface area (Å²) in [6.45, 7) is 0. The SMILES string of the molecule is COc1ccc(NC(=O)C(Nc2ccc(CC#N)cc2)c2ccccc2)cc1Cl. The van der Waals surface area contributed by atoms with Crippen molar-refractivity contribution in [2.75, 3.05) is 17.7 Å². The molecule has 0 aliphatic carbocycles. The number of nitriles is 1.